The van der Waals surface area contributed by atoms with Crippen LogP contribution >= 0.6 is 0 Å². The zero-order chi connectivity index (χ0) is 12.4. The van der Waals surface area contributed by atoms with Gasteiger partial charge in [-0.2, -0.15) is 10.2 Å². The standard InChI is InChI=1S/C15H13N3/c1-11-4-5-14-13(7-11)10-17-18-15(14)8-12-3-2-6-16-9-12/h2-7,9-10H,8H2,1H3. The maximum atomic E-state index is 4.25. The number of aryl methyl sites for hydroxylation is 1. The summed E-state index contributed by atoms with van der Waals surface area (Å²) in [6.45, 7) is 2.08. The Hall–Kier alpha value is -2.29. The third-order valence-corrected chi connectivity index (χ3v) is 2.99. The molecule has 0 aliphatic rings. The Morgan fingerprint density at radius 1 is 1.11 bits per heavy atom. The van der Waals surface area contributed by atoms with Crippen LogP contribution < -0.4 is 0 Å². The maximum absolute atomic E-state index is 4.25. The Balaban J connectivity index is 2.07. The molecule has 3 rings (SSSR count). The van der Waals surface area contributed by atoms with Gasteiger partial charge in [-0.3, -0.25) is 4.98 Å². The van der Waals surface area contributed by atoms with Crippen molar-refractivity contribution in [1.82, 2.24) is 15.2 Å². The fourth-order valence-corrected chi connectivity index (χ4v) is 2.09. The molecule has 0 aliphatic heterocycles. The highest BCUT2D eigenvalue weighted by atomic mass is 15.1. The lowest BCUT2D eigenvalue weighted by atomic mass is 10.0. The predicted molar refractivity (Wildman–Crippen MR) is 71.3 cm³/mol. The highest BCUT2D eigenvalue weighted by molar-refractivity contribution is 5.84. The molecule has 0 saturated heterocycles. The number of fused-ring (bicyclic) bond motifs is 1. The number of benzene rings is 1. The van der Waals surface area contributed by atoms with Crippen molar-refractivity contribution in [3.63, 3.8) is 0 Å². The lowest BCUT2D eigenvalue weighted by Gasteiger charge is -2.05. The van der Waals surface area contributed by atoms with Crippen LogP contribution in [0.4, 0.5) is 0 Å². The second-order valence-electron chi connectivity index (χ2n) is 4.42. The van der Waals surface area contributed by atoms with E-state index in [1.807, 2.05) is 18.5 Å². The van der Waals surface area contributed by atoms with Gasteiger partial charge in [0, 0.05) is 29.6 Å². The lowest BCUT2D eigenvalue weighted by Crippen LogP contribution is -1.96. The number of nitrogens with zero attached hydrogens (tertiary/aromatic N) is 3. The van der Waals surface area contributed by atoms with E-state index in [9.17, 15) is 0 Å². The van der Waals surface area contributed by atoms with Gasteiger partial charge in [0.1, 0.15) is 0 Å². The number of pyridine rings is 1. The van der Waals surface area contributed by atoms with Crippen LogP contribution in [0.1, 0.15) is 16.8 Å². The minimum Gasteiger partial charge on any atom is -0.264 e. The van der Waals surface area contributed by atoms with Gasteiger partial charge in [0.2, 0.25) is 0 Å². The highest BCUT2D eigenvalue weighted by Crippen LogP contribution is 2.19. The van der Waals surface area contributed by atoms with Crippen LogP contribution in [0.25, 0.3) is 10.8 Å². The van der Waals surface area contributed by atoms with Crippen LogP contribution in [-0.4, -0.2) is 15.2 Å². The molecule has 0 aliphatic carbocycles. The fraction of sp³-hybridized carbons (Fsp3) is 0.133. The Labute approximate surface area is 106 Å². The van der Waals surface area contributed by atoms with Crippen LogP contribution in [0, 0.1) is 6.92 Å². The summed E-state index contributed by atoms with van der Waals surface area (Å²) in [5, 5.41) is 10.6. The van der Waals surface area contributed by atoms with Crippen LogP contribution in [0.5, 0.6) is 0 Å². The maximum Gasteiger partial charge on any atom is 0.0753 e. The quantitative estimate of drug-likeness (QED) is 0.685. The van der Waals surface area contributed by atoms with Crippen LogP contribution in [0.15, 0.2) is 48.9 Å². The molecule has 0 N–H and O–H groups in total. The first-order chi connectivity index (χ1) is 8.83. The molecule has 2 heterocycles. The molecular formula is C15H13N3. The molecule has 18 heavy (non-hydrogen) atoms. The summed E-state index contributed by atoms with van der Waals surface area (Å²) in [6, 6.07) is 10.4. The fourth-order valence-electron chi connectivity index (χ4n) is 2.09. The molecule has 3 heteroatoms. The monoisotopic (exact) mass is 235 g/mol. The van der Waals surface area contributed by atoms with Gasteiger partial charge in [0.05, 0.1) is 11.9 Å². The van der Waals surface area contributed by atoms with Crippen molar-refractivity contribution in [3.8, 4) is 0 Å². The van der Waals surface area contributed by atoms with Crippen molar-refractivity contribution in [2.45, 2.75) is 13.3 Å². The van der Waals surface area contributed by atoms with E-state index < -0.39 is 0 Å². The zero-order valence-corrected chi connectivity index (χ0v) is 10.2. The summed E-state index contributed by atoms with van der Waals surface area (Å²) < 4.78 is 0. The molecule has 0 fully saturated rings. The molecule has 0 amide bonds. The topological polar surface area (TPSA) is 38.7 Å². The zero-order valence-electron chi connectivity index (χ0n) is 10.2. The predicted octanol–water partition coefficient (Wildman–Crippen LogP) is 2.92. The van der Waals surface area contributed by atoms with Gasteiger partial charge in [-0.25, -0.2) is 0 Å². The number of aromatic nitrogens is 3. The van der Waals surface area contributed by atoms with Crippen molar-refractivity contribution in [3.05, 3.63) is 65.7 Å². The third kappa shape index (κ3) is 2.07. The molecule has 0 spiro atoms. The number of rotatable bonds is 2. The van der Waals surface area contributed by atoms with Crippen molar-refractivity contribution in [2.24, 2.45) is 0 Å². The summed E-state index contributed by atoms with van der Waals surface area (Å²) in [4.78, 5) is 4.13. The van der Waals surface area contributed by atoms with Gasteiger partial charge in [-0.05, 0) is 24.6 Å². The van der Waals surface area contributed by atoms with Crippen molar-refractivity contribution in [2.75, 3.05) is 0 Å². The molecule has 1 aromatic carbocycles. The Bertz CT molecular complexity index is 678. The molecule has 3 aromatic rings. The second kappa shape index (κ2) is 4.53. The van der Waals surface area contributed by atoms with E-state index in [2.05, 4.69) is 46.4 Å². The van der Waals surface area contributed by atoms with E-state index in [0.29, 0.717) is 0 Å². The number of hydrogen-bond acceptors (Lipinski definition) is 3. The van der Waals surface area contributed by atoms with E-state index in [-0.39, 0.29) is 0 Å². The minimum atomic E-state index is 0.765. The Kier molecular flexibility index (Phi) is 2.73. The average Bonchev–Trinajstić information content (AvgIpc) is 2.40. The van der Waals surface area contributed by atoms with Gasteiger partial charge in [-0.1, -0.05) is 23.8 Å². The summed E-state index contributed by atoms with van der Waals surface area (Å²) in [7, 11) is 0. The summed E-state index contributed by atoms with van der Waals surface area (Å²) in [5.41, 5.74) is 3.39. The van der Waals surface area contributed by atoms with E-state index in [0.717, 1.165) is 23.1 Å². The Morgan fingerprint density at radius 2 is 2.06 bits per heavy atom. The highest BCUT2D eigenvalue weighted by Gasteiger charge is 2.04. The Morgan fingerprint density at radius 3 is 2.89 bits per heavy atom. The minimum absolute atomic E-state index is 0.765. The van der Waals surface area contributed by atoms with Gasteiger partial charge in [-0.15, -0.1) is 0 Å². The van der Waals surface area contributed by atoms with Gasteiger partial charge < -0.3 is 0 Å². The molecule has 0 radical (unpaired) electrons. The molecule has 2 aromatic heterocycles. The van der Waals surface area contributed by atoms with Crippen molar-refractivity contribution < 1.29 is 0 Å². The van der Waals surface area contributed by atoms with Gasteiger partial charge in [0.25, 0.3) is 0 Å². The van der Waals surface area contributed by atoms with Crippen molar-refractivity contribution >= 4 is 10.8 Å². The second-order valence-corrected chi connectivity index (χ2v) is 4.42. The van der Waals surface area contributed by atoms with E-state index >= 15 is 0 Å². The third-order valence-electron chi connectivity index (χ3n) is 2.99. The van der Waals surface area contributed by atoms with Crippen LogP contribution in [0.3, 0.4) is 0 Å². The van der Waals surface area contributed by atoms with Crippen LogP contribution in [0.2, 0.25) is 0 Å². The van der Waals surface area contributed by atoms with Crippen LogP contribution in [-0.2, 0) is 6.42 Å². The first-order valence-corrected chi connectivity index (χ1v) is 5.93. The van der Waals surface area contributed by atoms with E-state index in [4.69, 9.17) is 0 Å². The molecule has 0 atom stereocenters. The first kappa shape index (κ1) is 10.8. The molecule has 88 valence electrons. The molecular weight excluding hydrogens is 222 g/mol. The summed E-state index contributed by atoms with van der Waals surface area (Å²) in [5.74, 6) is 0. The largest absolute Gasteiger partial charge is 0.264 e. The average molecular weight is 235 g/mol. The smallest absolute Gasteiger partial charge is 0.0753 e. The normalized spacial score (nSPS) is 10.7. The molecule has 3 nitrogen and oxygen atoms in total. The van der Waals surface area contributed by atoms with Gasteiger partial charge in [0.15, 0.2) is 0 Å². The summed E-state index contributed by atoms with van der Waals surface area (Å²) in [6.07, 6.45) is 6.23. The number of hydrogen-bond donors (Lipinski definition) is 0. The SMILES string of the molecule is Cc1ccc2c(Cc3cccnc3)nncc2c1. The molecule has 0 bridgehead atoms. The first-order valence-electron chi connectivity index (χ1n) is 5.93. The molecule has 0 saturated carbocycles. The van der Waals surface area contributed by atoms with E-state index in [1.165, 1.54) is 10.9 Å². The lowest BCUT2D eigenvalue weighted by molar-refractivity contribution is 0.954. The van der Waals surface area contributed by atoms with E-state index in [1.54, 1.807) is 6.20 Å². The summed E-state index contributed by atoms with van der Waals surface area (Å²) >= 11 is 0. The van der Waals surface area contributed by atoms with Crippen molar-refractivity contribution in [1.29, 1.82) is 0 Å². The van der Waals surface area contributed by atoms with Gasteiger partial charge >= 0.3 is 0 Å². The molecule has 0 unspecified atom stereocenters.